The first-order valence-electron chi connectivity index (χ1n) is 6.92. The monoisotopic (exact) mass is 327 g/mol. The zero-order chi connectivity index (χ0) is 17.0. The molecule has 1 aromatic rings. The summed E-state index contributed by atoms with van der Waals surface area (Å²) in [6, 6.07) is 1.07. The molecule has 0 amide bonds. The predicted molar refractivity (Wildman–Crippen MR) is 76.5 cm³/mol. The van der Waals surface area contributed by atoms with E-state index in [4.69, 9.17) is 10.3 Å². The lowest BCUT2D eigenvalue weighted by Gasteiger charge is -2.29. The van der Waals surface area contributed by atoms with E-state index in [1.54, 1.807) is 0 Å². The van der Waals surface area contributed by atoms with Crippen LogP contribution in [0.3, 0.4) is 0 Å². The van der Waals surface area contributed by atoms with Gasteiger partial charge in [0.1, 0.15) is 17.8 Å². The van der Waals surface area contributed by atoms with Crippen molar-refractivity contribution < 1.29 is 20.1 Å². The van der Waals surface area contributed by atoms with Crippen LogP contribution in [-0.2, 0) is 4.74 Å². The Kier molecular flexibility index (Phi) is 5.19. The van der Waals surface area contributed by atoms with Crippen molar-refractivity contribution in [3.05, 3.63) is 43.5 Å². The van der Waals surface area contributed by atoms with Crippen LogP contribution in [0.15, 0.2) is 27.0 Å². The van der Waals surface area contributed by atoms with Gasteiger partial charge in [0.15, 0.2) is 6.23 Å². The Labute approximate surface area is 129 Å². The van der Waals surface area contributed by atoms with Crippen LogP contribution in [0.1, 0.15) is 19.1 Å². The zero-order valence-electron chi connectivity index (χ0n) is 12.1. The number of H-pyrrole nitrogens is 1. The maximum atomic E-state index is 11.8. The van der Waals surface area contributed by atoms with Gasteiger partial charge < -0.3 is 20.1 Å². The Morgan fingerprint density at radius 1 is 1.48 bits per heavy atom. The summed E-state index contributed by atoms with van der Waals surface area (Å²) in [6.45, 7) is -0.468. The van der Waals surface area contributed by atoms with E-state index >= 15 is 0 Å². The van der Waals surface area contributed by atoms with Gasteiger partial charge in [-0.25, -0.2) is 4.79 Å². The number of aliphatic hydroxyl groups is 3. The highest BCUT2D eigenvalue weighted by Gasteiger charge is 2.54. The Hall–Kier alpha value is -2.17. The minimum absolute atomic E-state index is 0.106. The molecule has 1 aliphatic rings. The minimum atomic E-state index is -1.50. The van der Waals surface area contributed by atoms with Crippen LogP contribution < -0.4 is 11.2 Å². The van der Waals surface area contributed by atoms with Crippen molar-refractivity contribution in [2.45, 2.75) is 36.9 Å². The van der Waals surface area contributed by atoms with Crippen LogP contribution >= 0.6 is 0 Å². The average molecular weight is 327 g/mol. The fourth-order valence-electron chi connectivity index (χ4n) is 2.61. The molecule has 23 heavy (non-hydrogen) atoms. The topological polar surface area (TPSA) is 174 Å². The highest BCUT2D eigenvalue weighted by molar-refractivity contribution is 5.02. The second-order valence-corrected chi connectivity index (χ2v) is 5.24. The summed E-state index contributed by atoms with van der Waals surface area (Å²) in [5.74, 6) is 0. The molecule has 0 bridgehead atoms. The third-order valence-electron chi connectivity index (χ3n) is 3.82. The predicted octanol–water partition coefficient (Wildman–Crippen LogP) is -1.39. The summed E-state index contributed by atoms with van der Waals surface area (Å²) in [7, 11) is 0. The first kappa shape index (κ1) is 17.2. The number of hydrogen-bond donors (Lipinski definition) is 4. The van der Waals surface area contributed by atoms with Crippen LogP contribution in [-0.4, -0.2) is 55.8 Å². The molecule has 0 aliphatic carbocycles. The van der Waals surface area contributed by atoms with Crippen molar-refractivity contribution in [1.29, 1.82) is 0 Å². The van der Waals surface area contributed by atoms with Gasteiger partial charge in [-0.2, -0.15) is 0 Å². The number of nitrogens with one attached hydrogen (secondary N) is 1. The van der Waals surface area contributed by atoms with Crippen molar-refractivity contribution in [2.24, 2.45) is 5.11 Å². The molecule has 1 saturated heterocycles. The maximum absolute atomic E-state index is 11.8. The Morgan fingerprint density at radius 3 is 2.83 bits per heavy atom. The molecular weight excluding hydrogens is 310 g/mol. The number of ether oxygens (including phenoxy) is 1. The van der Waals surface area contributed by atoms with Crippen LogP contribution in [0.4, 0.5) is 0 Å². The molecule has 4 N–H and O–H groups in total. The summed E-state index contributed by atoms with van der Waals surface area (Å²) >= 11 is 0. The molecule has 4 atom stereocenters. The first-order chi connectivity index (χ1) is 10.9. The third-order valence-corrected chi connectivity index (χ3v) is 3.82. The lowest BCUT2D eigenvalue weighted by Crippen LogP contribution is -2.46. The zero-order valence-corrected chi connectivity index (χ0v) is 12.1. The van der Waals surface area contributed by atoms with Crippen molar-refractivity contribution in [3.8, 4) is 0 Å². The van der Waals surface area contributed by atoms with Crippen molar-refractivity contribution in [1.82, 2.24) is 9.55 Å². The number of aromatic nitrogens is 2. The van der Waals surface area contributed by atoms with Crippen molar-refractivity contribution in [3.63, 3.8) is 0 Å². The molecule has 11 heteroatoms. The fourth-order valence-corrected chi connectivity index (χ4v) is 2.61. The normalized spacial score (nSPS) is 30.1. The molecule has 0 aromatic carbocycles. The largest absolute Gasteiger partial charge is 0.393 e. The summed E-state index contributed by atoms with van der Waals surface area (Å²) in [4.78, 5) is 27.5. The Bertz CT molecular complexity index is 710. The van der Waals surface area contributed by atoms with Gasteiger partial charge in [0.25, 0.3) is 5.56 Å². The molecule has 0 radical (unpaired) electrons. The third kappa shape index (κ3) is 3.28. The highest BCUT2D eigenvalue weighted by atomic mass is 16.6. The van der Waals surface area contributed by atoms with E-state index in [1.807, 2.05) is 4.98 Å². The number of rotatable bonds is 6. The minimum Gasteiger partial charge on any atom is -0.393 e. The lowest BCUT2D eigenvalue weighted by atomic mass is 9.91. The number of nitrogens with zero attached hydrogens (tertiary/aromatic N) is 4. The van der Waals surface area contributed by atoms with Gasteiger partial charge in [-0.3, -0.25) is 14.3 Å². The number of aromatic amines is 1. The van der Waals surface area contributed by atoms with E-state index in [0.29, 0.717) is 6.42 Å². The molecule has 1 aromatic heterocycles. The molecular formula is C12H17N5O6. The van der Waals surface area contributed by atoms with Crippen LogP contribution in [0.2, 0.25) is 0 Å². The molecule has 2 heterocycles. The molecule has 0 saturated carbocycles. The molecule has 1 aliphatic heterocycles. The standard InChI is InChI=1S/C12H17N5O6/c13-16-14-4-1-3-12(6-18)9(21)8(20)10(23-12)17-5-2-7(19)15-11(17)22/h2,5,8-10,18,20-21H,1,3-4,6H2,(H,15,19,22)/t8?,9?,10-,12-/m1/s1. The lowest BCUT2D eigenvalue weighted by molar-refractivity contribution is -0.133. The first-order valence-corrected chi connectivity index (χ1v) is 6.92. The van der Waals surface area contributed by atoms with E-state index in [-0.39, 0.29) is 13.0 Å². The molecule has 1 fully saturated rings. The summed E-state index contributed by atoms with van der Waals surface area (Å²) in [5, 5.41) is 33.3. The summed E-state index contributed by atoms with van der Waals surface area (Å²) in [5.41, 5.74) is 5.33. The van der Waals surface area contributed by atoms with Crippen LogP contribution in [0.5, 0.6) is 0 Å². The SMILES string of the molecule is [N-]=[N+]=NCCC[C@]1(CO)O[C@@H](n2ccc(=O)[nH]c2=O)C(O)C1O. The molecule has 2 unspecified atom stereocenters. The van der Waals surface area contributed by atoms with Crippen molar-refractivity contribution in [2.75, 3.05) is 13.2 Å². The average Bonchev–Trinajstić information content (AvgIpc) is 2.77. The van der Waals surface area contributed by atoms with Crippen LogP contribution in [0.25, 0.3) is 10.4 Å². The van der Waals surface area contributed by atoms with Crippen LogP contribution in [0, 0.1) is 0 Å². The van der Waals surface area contributed by atoms with Gasteiger partial charge in [-0.05, 0) is 18.4 Å². The molecule has 11 nitrogen and oxygen atoms in total. The smallest absolute Gasteiger partial charge is 0.330 e. The van der Waals surface area contributed by atoms with E-state index in [9.17, 15) is 24.9 Å². The second-order valence-electron chi connectivity index (χ2n) is 5.24. The van der Waals surface area contributed by atoms with Gasteiger partial charge in [-0.1, -0.05) is 5.11 Å². The number of hydrogen-bond acceptors (Lipinski definition) is 7. The van der Waals surface area contributed by atoms with Gasteiger partial charge in [0.2, 0.25) is 0 Å². The van der Waals surface area contributed by atoms with E-state index in [2.05, 4.69) is 10.0 Å². The van der Waals surface area contributed by atoms with Gasteiger partial charge >= 0.3 is 5.69 Å². The highest BCUT2D eigenvalue weighted by Crippen LogP contribution is 2.39. The van der Waals surface area contributed by atoms with Gasteiger partial charge in [-0.15, -0.1) is 0 Å². The maximum Gasteiger partial charge on any atom is 0.330 e. The quantitative estimate of drug-likeness (QED) is 0.216. The second kappa shape index (κ2) is 6.94. The Balaban J connectivity index is 2.26. The van der Waals surface area contributed by atoms with Gasteiger partial charge in [0.05, 0.1) is 6.61 Å². The number of azide groups is 1. The summed E-state index contributed by atoms with van der Waals surface area (Å²) in [6.07, 6.45) is -2.65. The molecule has 2 rings (SSSR count). The van der Waals surface area contributed by atoms with E-state index < -0.39 is 41.9 Å². The Morgan fingerprint density at radius 2 is 2.22 bits per heavy atom. The summed E-state index contributed by atoms with van der Waals surface area (Å²) < 4.78 is 6.50. The number of aliphatic hydroxyl groups excluding tert-OH is 3. The van der Waals surface area contributed by atoms with Crippen molar-refractivity contribution >= 4 is 0 Å². The van der Waals surface area contributed by atoms with E-state index in [0.717, 1.165) is 16.8 Å². The molecule has 0 spiro atoms. The van der Waals surface area contributed by atoms with E-state index in [1.165, 1.54) is 0 Å². The fraction of sp³-hybridized carbons (Fsp3) is 0.667. The molecule has 126 valence electrons. The van der Waals surface area contributed by atoms with Gasteiger partial charge in [0, 0.05) is 23.7 Å².